The van der Waals surface area contributed by atoms with Crippen LogP contribution in [0.2, 0.25) is 0 Å². The quantitative estimate of drug-likeness (QED) is 0.460. The van der Waals surface area contributed by atoms with Gasteiger partial charge in [-0.3, -0.25) is 0 Å². The Kier molecular flexibility index (Phi) is 6.08. The van der Waals surface area contributed by atoms with Gasteiger partial charge in [-0.1, -0.05) is 0 Å². The van der Waals surface area contributed by atoms with Gasteiger partial charge in [0.05, 0.1) is 5.38 Å². The normalized spacial score (nSPS) is 14.1. The summed E-state index contributed by atoms with van der Waals surface area (Å²) in [6.45, 7) is 6.98. The van der Waals surface area contributed by atoms with Crippen LogP contribution in [-0.4, -0.2) is 24.9 Å². The highest BCUT2D eigenvalue weighted by molar-refractivity contribution is 6.20. The summed E-state index contributed by atoms with van der Waals surface area (Å²) >= 11 is 5.75. The first-order chi connectivity index (χ1) is 4.72. The van der Waals surface area contributed by atoms with E-state index in [4.69, 9.17) is 21.1 Å². The molecule has 0 saturated heterocycles. The second kappa shape index (κ2) is 5.96. The van der Waals surface area contributed by atoms with Gasteiger partial charge in [0.2, 0.25) is 0 Å². The van der Waals surface area contributed by atoms with E-state index in [0.29, 0.717) is 13.2 Å². The molecule has 0 spiro atoms. The van der Waals surface area contributed by atoms with Crippen LogP contribution in [0.1, 0.15) is 20.8 Å². The minimum Gasteiger partial charge on any atom is -0.351 e. The van der Waals surface area contributed by atoms with Crippen molar-refractivity contribution in [2.45, 2.75) is 32.4 Å². The Morgan fingerprint density at radius 3 is 1.80 bits per heavy atom. The molecule has 0 heterocycles. The molecular weight excluding hydrogens is 152 g/mol. The van der Waals surface area contributed by atoms with Gasteiger partial charge in [-0.25, -0.2) is 0 Å². The number of alkyl halides is 1. The van der Waals surface area contributed by atoms with E-state index in [1.54, 1.807) is 0 Å². The molecule has 0 aromatic rings. The molecule has 0 radical (unpaired) electrons. The maximum absolute atomic E-state index is 5.75. The molecular formula is C7H15ClO2. The molecule has 0 aliphatic rings. The topological polar surface area (TPSA) is 18.5 Å². The number of halogens is 1. The molecule has 0 aromatic heterocycles. The second-order valence-electron chi connectivity index (χ2n) is 1.96. The Balaban J connectivity index is 3.50. The van der Waals surface area contributed by atoms with Crippen molar-refractivity contribution in [2.24, 2.45) is 0 Å². The Bertz CT molecular complexity index is 70.0. The highest BCUT2D eigenvalue weighted by Gasteiger charge is 2.13. The predicted molar refractivity (Wildman–Crippen MR) is 42.4 cm³/mol. The van der Waals surface area contributed by atoms with E-state index in [1.807, 2.05) is 20.8 Å². The fraction of sp³-hybridized carbons (Fsp3) is 1.00. The summed E-state index contributed by atoms with van der Waals surface area (Å²) in [6.07, 6.45) is -0.253. The molecule has 1 atom stereocenters. The Hall–Kier alpha value is 0.210. The van der Waals surface area contributed by atoms with Crippen molar-refractivity contribution in [3.63, 3.8) is 0 Å². The van der Waals surface area contributed by atoms with E-state index in [1.165, 1.54) is 0 Å². The SMILES string of the molecule is CCOC(OCC)C(C)Cl. The molecule has 0 amide bonds. The van der Waals surface area contributed by atoms with Crippen LogP contribution in [0.15, 0.2) is 0 Å². The summed E-state index contributed by atoms with van der Waals surface area (Å²) in [7, 11) is 0. The predicted octanol–water partition coefficient (Wildman–Crippen LogP) is 2.01. The summed E-state index contributed by atoms with van der Waals surface area (Å²) in [4.78, 5) is 0. The first kappa shape index (κ1) is 10.2. The molecule has 0 rings (SSSR count). The third-order valence-corrected chi connectivity index (χ3v) is 1.24. The summed E-state index contributed by atoms with van der Waals surface area (Å²) in [5.41, 5.74) is 0. The molecule has 2 nitrogen and oxygen atoms in total. The Morgan fingerprint density at radius 2 is 1.60 bits per heavy atom. The van der Waals surface area contributed by atoms with Gasteiger partial charge in [0.25, 0.3) is 0 Å². The van der Waals surface area contributed by atoms with Crippen LogP contribution in [0.5, 0.6) is 0 Å². The number of rotatable bonds is 5. The molecule has 0 aliphatic carbocycles. The van der Waals surface area contributed by atoms with E-state index in [2.05, 4.69) is 0 Å². The maximum Gasteiger partial charge on any atom is 0.173 e. The van der Waals surface area contributed by atoms with Gasteiger partial charge in [0, 0.05) is 13.2 Å². The van der Waals surface area contributed by atoms with Gasteiger partial charge in [0.1, 0.15) is 0 Å². The summed E-state index contributed by atoms with van der Waals surface area (Å²) in [5, 5.41) is -0.0834. The van der Waals surface area contributed by atoms with Gasteiger partial charge in [0.15, 0.2) is 6.29 Å². The monoisotopic (exact) mass is 166 g/mol. The van der Waals surface area contributed by atoms with Crippen LogP contribution in [-0.2, 0) is 9.47 Å². The van der Waals surface area contributed by atoms with Crippen LogP contribution < -0.4 is 0 Å². The summed E-state index contributed by atoms with van der Waals surface area (Å²) in [6, 6.07) is 0. The fourth-order valence-corrected chi connectivity index (χ4v) is 0.787. The van der Waals surface area contributed by atoms with E-state index in [0.717, 1.165) is 0 Å². The number of hydrogen-bond acceptors (Lipinski definition) is 2. The third-order valence-electron chi connectivity index (χ3n) is 1.04. The van der Waals surface area contributed by atoms with Gasteiger partial charge >= 0.3 is 0 Å². The molecule has 0 aliphatic heterocycles. The van der Waals surface area contributed by atoms with Crippen molar-refractivity contribution < 1.29 is 9.47 Å². The highest BCUT2D eigenvalue weighted by atomic mass is 35.5. The van der Waals surface area contributed by atoms with E-state index in [9.17, 15) is 0 Å². The molecule has 0 aromatic carbocycles. The van der Waals surface area contributed by atoms with Crippen LogP contribution in [0, 0.1) is 0 Å². The van der Waals surface area contributed by atoms with Crippen LogP contribution in [0.25, 0.3) is 0 Å². The molecule has 0 bridgehead atoms. The van der Waals surface area contributed by atoms with Gasteiger partial charge in [-0.2, -0.15) is 0 Å². The second-order valence-corrected chi connectivity index (χ2v) is 2.65. The van der Waals surface area contributed by atoms with Crippen molar-refractivity contribution in [3.05, 3.63) is 0 Å². The smallest absolute Gasteiger partial charge is 0.173 e. The summed E-state index contributed by atoms with van der Waals surface area (Å²) in [5.74, 6) is 0. The van der Waals surface area contributed by atoms with Gasteiger partial charge in [-0.05, 0) is 20.8 Å². The van der Waals surface area contributed by atoms with Crippen molar-refractivity contribution >= 4 is 11.6 Å². The molecule has 3 heteroatoms. The Labute approximate surface area is 67.5 Å². The zero-order valence-corrected chi connectivity index (χ0v) is 7.52. The van der Waals surface area contributed by atoms with E-state index in [-0.39, 0.29) is 11.7 Å². The van der Waals surface area contributed by atoms with Crippen molar-refractivity contribution in [1.82, 2.24) is 0 Å². The van der Waals surface area contributed by atoms with Crippen molar-refractivity contribution in [2.75, 3.05) is 13.2 Å². The lowest BCUT2D eigenvalue weighted by Gasteiger charge is -2.18. The van der Waals surface area contributed by atoms with Crippen molar-refractivity contribution in [3.8, 4) is 0 Å². The van der Waals surface area contributed by atoms with Gasteiger partial charge < -0.3 is 9.47 Å². The molecule has 1 unspecified atom stereocenters. The van der Waals surface area contributed by atoms with Crippen molar-refractivity contribution in [1.29, 1.82) is 0 Å². The minimum absolute atomic E-state index is 0.0834. The maximum atomic E-state index is 5.75. The standard InChI is InChI=1S/C7H15ClO2/c1-4-9-7(6(3)8)10-5-2/h6-7H,4-5H2,1-3H3. The van der Waals surface area contributed by atoms with Crippen LogP contribution >= 0.6 is 11.6 Å². The van der Waals surface area contributed by atoms with E-state index < -0.39 is 0 Å². The lowest BCUT2D eigenvalue weighted by atomic mass is 10.4. The average Bonchev–Trinajstić information content (AvgIpc) is 1.87. The third kappa shape index (κ3) is 4.09. The zero-order valence-electron chi connectivity index (χ0n) is 6.76. The molecule has 0 N–H and O–H groups in total. The lowest BCUT2D eigenvalue weighted by molar-refractivity contribution is -0.134. The first-order valence-corrected chi connectivity index (χ1v) is 4.03. The lowest BCUT2D eigenvalue weighted by Crippen LogP contribution is -2.25. The number of hydrogen-bond donors (Lipinski definition) is 0. The molecule has 62 valence electrons. The largest absolute Gasteiger partial charge is 0.351 e. The fourth-order valence-electron chi connectivity index (χ4n) is 0.642. The highest BCUT2D eigenvalue weighted by Crippen LogP contribution is 2.07. The molecule has 10 heavy (non-hydrogen) atoms. The minimum atomic E-state index is -0.253. The van der Waals surface area contributed by atoms with Crippen LogP contribution in [0.3, 0.4) is 0 Å². The average molecular weight is 167 g/mol. The first-order valence-electron chi connectivity index (χ1n) is 3.59. The molecule has 0 saturated carbocycles. The van der Waals surface area contributed by atoms with Gasteiger partial charge in [-0.15, -0.1) is 11.6 Å². The zero-order chi connectivity index (χ0) is 7.98. The van der Waals surface area contributed by atoms with E-state index >= 15 is 0 Å². The number of ether oxygens (including phenoxy) is 2. The van der Waals surface area contributed by atoms with Crippen LogP contribution in [0.4, 0.5) is 0 Å². The Morgan fingerprint density at radius 1 is 1.20 bits per heavy atom. The molecule has 0 fully saturated rings. The summed E-state index contributed by atoms with van der Waals surface area (Å²) < 4.78 is 10.4.